The zero-order valence-corrected chi connectivity index (χ0v) is 10.2. The largest absolute Gasteiger partial charge is 0.339 e. The third-order valence-corrected chi connectivity index (χ3v) is 3.73. The van der Waals surface area contributed by atoms with Gasteiger partial charge >= 0.3 is 0 Å². The Hall–Kier alpha value is -1.75. The molecule has 0 unspecified atom stereocenters. The van der Waals surface area contributed by atoms with Crippen molar-refractivity contribution in [2.45, 2.75) is 31.1 Å². The molecule has 1 aliphatic rings. The van der Waals surface area contributed by atoms with E-state index in [0.29, 0.717) is 18.9 Å². The monoisotopic (exact) mass is 244 g/mol. The molecule has 0 spiro atoms. The molecule has 0 radical (unpaired) electrons. The lowest BCUT2D eigenvalue weighted by molar-refractivity contribution is 0.181. The number of hydrogen-bond donors (Lipinski definition) is 1. The van der Waals surface area contributed by atoms with Crippen LogP contribution in [-0.4, -0.2) is 21.7 Å². The Morgan fingerprint density at radius 3 is 2.67 bits per heavy atom. The first kappa shape index (κ1) is 11.3. The summed E-state index contributed by atoms with van der Waals surface area (Å²) in [7, 11) is 0. The molecule has 5 nitrogen and oxygen atoms in total. The average molecular weight is 244 g/mol. The maximum atomic E-state index is 5.83. The molecule has 0 atom stereocenters. The van der Waals surface area contributed by atoms with Crippen LogP contribution in [0.25, 0.3) is 0 Å². The summed E-state index contributed by atoms with van der Waals surface area (Å²) in [4.78, 5) is 8.48. The predicted octanol–water partition coefficient (Wildman–Crippen LogP) is 1.44. The predicted molar refractivity (Wildman–Crippen MR) is 65.9 cm³/mol. The lowest BCUT2D eigenvalue weighted by Crippen LogP contribution is -2.41. The van der Waals surface area contributed by atoms with Crippen molar-refractivity contribution in [3.63, 3.8) is 0 Å². The molecule has 18 heavy (non-hydrogen) atoms. The summed E-state index contributed by atoms with van der Waals surface area (Å²) >= 11 is 0. The number of hydrogen-bond acceptors (Lipinski definition) is 5. The Balaban J connectivity index is 1.78. The van der Waals surface area contributed by atoms with Crippen LogP contribution in [0.15, 0.2) is 29.0 Å². The fourth-order valence-electron chi connectivity index (χ4n) is 2.33. The molecule has 94 valence electrons. The topological polar surface area (TPSA) is 77.8 Å². The summed E-state index contributed by atoms with van der Waals surface area (Å²) in [5.74, 6) is 1.43. The summed E-state index contributed by atoms with van der Waals surface area (Å²) in [6, 6.07) is 3.91. The molecule has 1 fully saturated rings. The summed E-state index contributed by atoms with van der Waals surface area (Å²) in [5, 5.41) is 4.05. The minimum atomic E-state index is -0.0521. The quantitative estimate of drug-likeness (QED) is 0.880. The van der Waals surface area contributed by atoms with Crippen molar-refractivity contribution in [1.82, 2.24) is 15.1 Å². The molecular formula is C13H16N4O. The number of pyridine rings is 1. The zero-order chi connectivity index (χ0) is 12.4. The first-order valence-corrected chi connectivity index (χ1v) is 6.24. The molecule has 1 aliphatic carbocycles. The number of nitrogens with zero attached hydrogens (tertiary/aromatic N) is 3. The Bertz CT molecular complexity index is 513. The van der Waals surface area contributed by atoms with Gasteiger partial charge in [0.1, 0.15) is 0 Å². The smallest absolute Gasteiger partial charge is 0.234 e. The maximum Gasteiger partial charge on any atom is 0.234 e. The molecule has 0 aliphatic heterocycles. The van der Waals surface area contributed by atoms with Crippen LogP contribution in [-0.2, 0) is 11.8 Å². The van der Waals surface area contributed by atoms with Gasteiger partial charge in [0.15, 0.2) is 5.82 Å². The van der Waals surface area contributed by atoms with Crippen LogP contribution in [0.5, 0.6) is 0 Å². The lowest BCUT2D eigenvalue weighted by Gasteiger charge is -2.36. The van der Waals surface area contributed by atoms with Gasteiger partial charge in [-0.2, -0.15) is 4.98 Å². The van der Waals surface area contributed by atoms with Crippen LogP contribution in [0.4, 0.5) is 0 Å². The molecule has 2 aromatic rings. The Morgan fingerprint density at radius 1 is 1.28 bits per heavy atom. The van der Waals surface area contributed by atoms with E-state index in [2.05, 4.69) is 15.1 Å². The van der Waals surface area contributed by atoms with Crippen molar-refractivity contribution in [3.05, 3.63) is 41.8 Å². The van der Waals surface area contributed by atoms with Gasteiger partial charge in [-0.3, -0.25) is 4.98 Å². The summed E-state index contributed by atoms with van der Waals surface area (Å²) in [6.45, 7) is 0.587. The van der Waals surface area contributed by atoms with Gasteiger partial charge in [0, 0.05) is 25.4 Å². The van der Waals surface area contributed by atoms with Gasteiger partial charge in [0.2, 0.25) is 5.89 Å². The van der Waals surface area contributed by atoms with E-state index in [9.17, 15) is 0 Å². The molecule has 2 aromatic heterocycles. The van der Waals surface area contributed by atoms with Crippen molar-refractivity contribution >= 4 is 0 Å². The second-order valence-electron chi connectivity index (χ2n) is 4.89. The second kappa shape index (κ2) is 4.49. The van der Waals surface area contributed by atoms with Crippen molar-refractivity contribution < 1.29 is 4.52 Å². The Morgan fingerprint density at radius 2 is 2.06 bits per heavy atom. The Kier molecular flexibility index (Phi) is 2.83. The van der Waals surface area contributed by atoms with Gasteiger partial charge in [-0.15, -0.1) is 0 Å². The van der Waals surface area contributed by atoms with Crippen LogP contribution in [0, 0.1) is 0 Å². The van der Waals surface area contributed by atoms with E-state index in [4.69, 9.17) is 10.3 Å². The van der Waals surface area contributed by atoms with Crippen molar-refractivity contribution in [3.8, 4) is 0 Å². The van der Waals surface area contributed by atoms with E-state index in [1.54, 1.807) is 12.4 Å². The van der Waals surface area contributed by atoms with E-state index >= 15 is 0 Å². The lowest BCUT2D eigenvalue weighted by atomic mass is 9.69. The first-order chi connectivity index (χ1) is 8.82. The van der Waals surface area contributed by atoms with Crippen molar-refractivity contribution in [2.24, 2.45) is 5.73 Å². The molecule has 2 heterocycles. The van der Waals surface area contributed by atoms with Gasteiger partial charge in [0.25, 0.3) is 0 Å². The number of nitrogens with two attached hydrogens (primary N) is 1. The van der Waals surface area contributed by atoms with E-state index in [0.717, 1.165) is 24.2 Å². The molecule has 3 rings (SSSR count). The molecule has 0 saturated heterocycles. The summed E-state index contributed by atoms with van der Waals surface area (Å²) in [5.41, 5.74) is 6.91. The van der Waals surface area contributed by atoms with Crippen LogP contribution in [0.2, 0.25) is 0 Å². The van der Waals surface area contributed by atoms with Crippen molar-refractivity contribution in [1.29, 1.82) is 0 Å². The van der Waals surface area contributed by atoms with Crippen LogP contribution < -0.4 is 5.73 Å². The third-order valence-electron chi connectivity index (χ3n) is 3.73. The summed E-state index contributed by atoms with van der Waals surface area (Å²) in [6.07, 6.45) is 7.51. The minimum absolute atomic E-state index is 0.0521. The molecule has 0 aromatic carbocycles. The maximum absolute atomic E-state index is 5.83. The highest BCUT2D eigenvalue weighted by Crippen LogP contribution is 2.41. The standard InChI is InChI=1S/C13H16N4O/c14-9-13(4-1-5-13)12-16-11(17-18-12)8-10-2-6-15-7-3-10/h2-3,6-7H,1,4-5,8-9,14H2. The highest BCUT2D eigenvalue weighted by molar-refractivity contribution is 5.17. The Labute approximate surface area is 105 Å². The highest BCUT2D eigenvalue weighted by Gasteiger charge is 2.42. The van der Waals surface area contributed by atoms with Crippen LogP contribution in [0.1, 0.15) is 36.5 Å². The molecule has 2 N–H and O–H groups in total. The summed E-state index contributed by atoms with van der Waals surface area (Å²) < 4.78 is 5.38. The fraction of sp³-hybridized carbons (Fsp3) is 0.462. The molecule has 1 saturated carbocycles. The average Bonchev–Trinajstić information content (AvgIpc) is 2.79. The third kappa shape index (κ3) is 1.90. The SMILES string of the molecule is NCC1(c2nc(Cc3ccncc3)no2)CCC1. The highest BCUT2D eigenvalue weighted by atomic mass is 16.5. The normalized spacial score (nSPS) is 17.4. The van der Waals surface area contributed by atoms with E-state index in [-0.39, 0.29) is 5.41 Å². The first-order valence-electron chi connectivity index (χ1n) is 6.24. The van der Waals surface area contributed by atoms with Crippen LogP contribution >= 0.6 is 0 Å². The van der Waals surface area contributed by atoms with E-state index in [1.807, 2.05) is 12.1 Å². The molecule has 5 heteroatoms. The van der Waals surface area contributed by atoms with Crippen LogP contribution in [0.3, 0.4) is 0 Å². The van der Waals surface area contributed by atoms with Gasteiger partial charge < -0.3 is 10.3 Å². The molecule has 0 bridgehead atoms. The van der Waals surface area contributed by atoms with Gasteiger partial charge in [-0.1, -0.05) is 11.6 Å². The van der Waals surface area contributed by atoms with E-state index in [1.165, 1.54) is 6.42 Å². The number of aromatic nitrogens is 3. The minimum Gasteiger partial charge on any atom is -0.339 e. The second-order valence-corrected chi connectivity index (χ2v) is 4.89. The zero-order valence-electron chi connectivity index (χ0n) is 10.2. The van der Waals surface area contributed by atoms with Gasteiger partial charge in [0.05, 0.1) is 5.41 Å². The van der Waals surface area contributed by atoms with Crippen molar-refractivity contribution in [2.75, 3.05) is 6.54 Å². The van der Waals surface area contributed by atoms with Gasteiger partial charge in [-0.05, 0) is 30.5 Å². The van der Waals surface area contributed by atoms with Gasteiger partial charge in [-0.25, -0.2) is 0 Å². The molecule has 0 amide bonds. The fourth-order valence-corrected chi connectivity index (χ4v) is 2.33. The van der Waals surface area contributed by atoms with E-state index < -0.39 is 0 Å². The number of rotatable bonds is 4. The molecular weight excluding hydrogens is 228 g/mol.